The number of nitrogens with zero attached hydrogens (tertiary/aromatic N) is 1. The highest BCUT2D eigenvalue weighted by atomic mass is 16.3. The Morgan fingerprint density at radius 2 is 2.20 bits per heavy atom. The summed E-state index contributed by atoms with van der Waals surface area (Å²) in [5, 5.41) is 12.2. The molecule has 0 spiro atoms. The number of likely N-dealkylation sites (tertiary alicyclic amines) is 1. The molecule has 1 amide bonds. The summed E-state index contributed by atoms with van der Waals surface area (Å²) in [5.74, 6) is 0.338. The van der Waals surface area contributed by atoms with Crippen molar-refractivity contribution in [2.24, 2.45) is 5.92 Å². The van der Waals surface area contributed by atoms with Gasteiger partial charge < -0.3 is 10.4 Å². The second kappa shape index (κ2) is 6.86. The van der Waals surface area contributed by atoms with Crippen LogP contribution in [0.2, 0.25) is 0 Å². The molecule has 0 aliphatic carbocycles. The number of hydrogen-bond donors (Lipinski definition) is 2. The minimum atomic E-state index is 0.0202. The highest BCUT2D eigenvalue weighted by Crippen LogP contribution is 2.17. The van der Waals surface area contributed by atoms with Gasteiger partial charge in [0.2, 0.25) is 5.91 Å². The summed E-state index contributed by atoms with van der Waals surface area (Å²) >= 11 is 0. The smallest absolute Gasteiger partial charge is 0.238 e. The highest BCUT2D eigenvalue weighted by Gasteiger charge is 2.20. The molecular formula is C16H24N2O2. The number of benzene rings is 1. The summed E-state index contributed by atoms with van der Waals surface area (Å²) in [5.41, 5.74) is 3.26. The summed E-state index contributed by atoms with van der Waals surface area (Å²) in [6, 6.07) is 5.96. The quantitative estimate of drug-likeness (QED) is 0.883. The Morgan fingerprint density at radius 1 is 1.40 bits per heavy atom. The standard InChI is InChI=1S/C16H24N2O2/c1-12-5-6-15(8-13(12)2)17-16(20)10-18-7-3-4-14(9-18)11-19/h5-6,8,14,19H,3-4,7,9-11H2,1-2H3,(H,17,20). The fourth-order valence-electron chi connectivity index (χ4n) is 2.67. The summed E-state index contributed by atoms with van der Waals surface area (Å²) < 4.78 is 0. The van der Waals surface area contributed by atoms with Gasteiger partial charge in [-0.2, -0.15) is 0 Å². The molecule has 4 heteroatoms. The van der Waals surface area contributed by atoms with Crippen LogP contribution < -0.4 is 5.32 Å². The van der Waals surface area contributed by atoms with E-state index in [9.17, 15) is 9.90 Å². The summed E-state index contributed by atoms with van der Waals surface area (Å²) in [6.45, 7) is 6.48. The van der Waals surface area contributed by atoms with Gasteiger partial charge in [0, 0.05) is 18.8 Å². The zero-order valence-electron chi connectivity index (χ0n) is 12.4. The average molecular weight is 276 g/mol. The lowest BCUT2D eigenvalue weighted by Crippen LogP contribution is -2.41. The Hall–Kier alpha value is -1.39. The minimum Gasteiger partial charge on any atom is -0.396 e. The molecule has 1 aromatic rings. The normalized spacial score (nSPS) is 19.9. The summed E-state index contributed by atoms with van der Waals surface area (Å²) in [4.78, 5) is 14.2. The molecule has 1 unspecified atom stereocenters. The van der Waals surface area contributed by atoms with Gasteiger partial charge in [-0.1, -0.05) is 6.07 Å². The lowest BCUT2D eigenvalue weighted by Gasteiger charge is -2.31. The van der Waals surface area contributed by atoms with Crippen molar-refractivity contribution >= 4 is 11.6 Å². The number of piperidine rings is 1. The van der Waals surface area contributed by atoms with Crippen molar-refractivity contribution in [2.75, 3.05) is 31.6 Å². The molecule has 1 heterocycles. The van der Waals surface area contributed by atoms with Gasteiger partial charge in [0.1, 0.15) is 0 Å². The third kappa shape index (κ3) is 4.05. The van der Waals surface area contributed by atoms with Gasteiger partial charge in [0.15, 0.2) is 0 Å². The van der Waals surface area contributed by atoms with E-state index in [1.54, 1.807) is 0 Å². The van der Waals surface area contributed by atoms with Gasteiger partial charge in [0.25, 0.3) is 0 Å². The van der Waals surface area contributed by atoms with E-state index in [0.29, 0.717) is 12.5 Å². The molecule has 0 saturated carbocycles. The van der Waals surface area contributed by atoms with Crippen molar-refractivity contribution in [3.8, 4) is 0 Å². The molecule has 0 aromatic heterocycles. The van der Waals surface area contributed by atoms with Crippen LogP contribution in [0.4, 0.5) is 5.69 Å². The van der Waals surface area contributed by atoms with Crippen LogP contribution in [0.5, 0.6) is 0 Å². The van der Waals surface area contributed by atoms with E-state index in [2.05, 4.69) is 17.1 Å². The third-order valence-electron chi connectivity index (χ3n) is 4.02. The van der Waals surface area contributed by atoms with Crippen molar-refractivity contribution in [3.05, 3.63) is 29.3 Å². The maximum atomic E-state index is 12.1. The molecule has 0 bridgehead atoms. The molecule has 0 radical (unpaired) electrons. The molecule has 1 aromatic carbocycles. The Bertz CT molecular complexity index is 474. The fourth-order valence-corrected chi connectivity index (χ4v) is 2.67. The van der Waals surface area contributed by atoms with Crippen molar-refractivity contribution in [2.45, 2.75) is 26.7 Å². The highest BCUT2D eigenvalue weighted by molar-refractivity contribution is 5.92. The summed E-state index contributed by atoms with van der Waals surface area (Å²) in [7, 11) is 0. The van der Waals surface area contributed by atoms with Crippen LogP contribution in [0, 0.1) is 19.8 Å². The molecule has 20 heavy (non-hydrogen) atoms. The molecular weight excluding hydrogens is 252 g/mol. The van der Waals surface area contributed by atoms with E-state index in [0.717, 1.165) is 31.6 Å². The van der Waals surface area contributed by atoms with Crippen LogP contribution in [-0.4, -0.2) is 42.2 Å². The Morgan fingerprint density at radius 3 is 2.90 bits per heavy atom. The monoisotopic (exact) mass is 276 g/mol. The average Bonchev–Trinajstić information content (AvgIpc) is 2.43. The van der Waals surface area contributed by atoms with Crippen LogP contribution in [0.3, 0.4) is 0 Å². The molecule has 1 fully saturated rings. The SMILES string of the molecule is Cc1ccc(NC(=O)CN2CCCC(CO)C2)cc1C. The molecule has 110 valence electrons. The Balaban J connectivity index is 1.87. The first-order valence-electron chi connectivity index (χ1n) is 7.29. The Kier molecular flexibility index (Phi) is 5.15. The van der Waals surface area contributed by atoms with Crippen molar-refractivity contribution < 1.29 is 9.90 Å². The van der Waals surface area contributed by atoms with Gasteiger partial charge in [-0.15, -0.1) is 0 Å². The zero-order valence-corrected chi connectivity index (χ0v) is 12.4. The lowest BCUT2D eigenvalue weighted by atomic mass is 9.99. The first-order chi connectivity index (χ1) is 9.58. The maximum Gasteiger partial charge on any atom is 0.238 e. The number of aliphatic hydroxyl groups is 1. The number of hydrogen-bond acceptors (Lipinski definition) is 3. The molecule has 1 atom stereocenters. The van der Waals surface area contributed by atoms with Crippen LogP contribution in [-0.2, 0) is 4.79 Å². The van der Waals surface area contributed by atoms with Gasteiger partial charge in [-0.25, -0.2) is 0 Å². The van der Waals surface area contributed by atoms with E-state index in [1.807, 2.05) is 25.1 Å². The third-order valence-corrected chi connectivity index (χ3v) is 4.02. The van der Waals surface area contributed by atoms with Gasteiger partial charge >= 0.3 is 0 Å². The first-order valence-corrected chi connectivity index (χ1v) is 7.29. The van der Waals surface area contributed by atoms with Crippen LogP contribution >= 0.6 is 0 Å². The number of carbonyl (C=O) groups is 1. The molecule has 1 aliphatic heterocycles. The van der Waals surface area contributed by atoms with Crippen molar-refractivity contribution in [1.82, 2.24) is 4.90 Å². The van der Waals surface area contributed by atoms with E-state index >= 15 is 0 Å². The lowest BCUT2D eigenvalue weighted by molar-refractivity contribution is -0.117. The fraction of sp³-hybridized carbons (Fsp3) is 0.562. The number of nitrogens with one attached hydrogen (secondary N) is 1. The molecule has 1 aliphatic rings. The number of amides is 1. The summed E-state index contributed by atoms with van der Waals surface area (Å²) in [6.07, 6.45) is 2.12. The van der Waals surface area contributed by atoms with Crippen molar-refractivity contribution in [3.63, 3.8) is 0 Å². The number of aliphatic hydroxyl groups excluding tert-OH is 1. The molecule has 2 N–H and O–H groups in total. The second-order valence-corrected chi connectivity index (χ2v) is 5.77. The minimum absolute atomic E-state index is 0.0202. The maximum absolute atomic E-state index is 12.1. The topological polar surface area (TPSA) is 52.6 Å². The van der Waals surface area contributed by atoms with E-state index in [4.69, 9.17) is 0 Å². The number of rotatable bonds is 4. The first kappa shape index (κ1) is 15.0. The second-order valence-electron chi connectivity index (χ2n) is 5.77. The Labute approximate surface area is 120 Å². The molecule has 2 rings (SSSR count). The van der Waals surface area contributed by atoms with E-state index in [1.165, 1.54) is 11.1 Å². The number of anilines is 1. The van der Waals surface area contributed by atoms with E-state index in [-0.39, 0.29) is 12.5 Å². The van der Waals surface area contributed by atoms with Crippen LogP contribution in [0.25, 0.3) is 0 Å². The number of aryl methyl sites for hydroxylation is 2. The van der Waals surface area contributed by atoms with E-state index < -0.39 is 0 Å². The zero-order chi connectivity index (χ0) is 14.5. The number of carbonyl (C=O) groups excluding carboxylic acids is 1. The van der Waals surface area contributed by atoms with Crippen LogP contribution in [0.15, 0.2) is 18.2 Å². The molecule has 1 saturated heterocycles. The largest absolute Gasteiger partial charge is 0.396 e. The predicted molar refractivity (Wildman–Crippen MR) is 80.8 cm³/mol. The van der Waals surface area contributed by atoms with Crippen LogP contribution in [0.1, 0.15) is 24.0 Å². The predicted octanol–water partition coefficient (Wildman–Crippen LogP) is 1.95. The van der Waals surface area contributed by atoms with Gasteiger partial charge in [0.05, 0.1) is 6.54 Å². The molecule has 4 nitrogen and oxygen atoms in total. The van der Waals surface area contributed by atoms with Gasteiger partial charge in [-0.05, 0) is 62.4 Å². The van der Waals surface area contributed by atoms with Gasteiger partial charge in [-0.3, -0.25) is 9.69 Å². The van der Waals surface area contributed by atoms with Crippen molar-refractivity contribution in [1.29, 1.82) is 0 Å².